The first-order valence-electron chi connectivity index (χ1n) is 14.4. The predicted molar refractivity (Wildman–Crippen MR) is 155 cm³/mol. The molecule has 0 amide bonds. The van der Waals surface area contributed by atoms with Crippen LogP contribution in [0, 0.1) is 5.41 Å². The molecule has 9 nitrogen and oxygen atoms in total. The molecular formula is C33H41NO8. The number of ether oxygens (including phenoxy) is 4. The number of nitrogens with two attached hydrogens (primary N) is 1. The van der Waals surface area contributed by atoms with Gasteiger partial charge in [-0.25, -0.2) is 0 Å². The summed E-state index contributed by atoms with van der Waals surface area (Å²) in [6.07, 6.45) is -1.93. The van der Waals surface area contributed by atoms with E-state index >= 15 is 0 Å². The number of ketones is 3. The highest BCUT2D eigenvalue weighted by molar-refractivity contribution is 6.31. The molecule has 0 spiro atoms. The van der Waals surface area contributed by atoms with Gasteiger partial charge in [-0.1, -0.05) is 39.8 Å². The summed E-state index contributed by atoms with van der Waals surface area (Å²) < 4.78 is 24.2. The van der Waals surface area contributed by atoms with Gasteiger partial charge in [0.1, 0.15) is 17.3 Å². The lowest BCUT2D eigenvalue weighted by Crippen LogP contribution is -2.52. The SMILES string of the molecule is COc1cccc2c1C(=O)c1c(c(OC)c3c(c1C(C)(C)C)[C@@H](OC1CC(N)C(O)C(C)O1)C[C@](C)(C(C)=O)C3)C2=O. The van der Waals surface area contributed by atoms with E-state index in [0.717, 1.165) is 5.56 Å². The number of methoxy groups -OCH3 is 2. The van der Waals surface area contributed by atoms with Crippen LogP contribution in [0.2, 0.25) is 0 Å². The van der Waals surface area contributed by atoms with Gasteiger partial charge in [0.2, 0.25) is 0 Å². The molecule has 0 radical (unpaired) electrons. The van der Waals surface area contributed by atoms with E-state index in [1.807, 2.05) is 27.7 Å². The van der Waals surface area contributed by atoms with Crippen molar-refractivity contribution in [3.8, 4) is 11.5 Å². The average molecular weight is 580 g/mol. The number of hydrogen-bond acceptors (Lipinski definition) is 9. The fourth-order valence-corrected chi connectivity index (χ4v) is 6.87. The van der Waals surface area contributed by atoms with Crippen molar-refractivity contribution in [2.75, 3.05) is 14.2 Å². The molecule has 3 N–H and O–H groups in total. The highest BCUT2D eigenvalue weighted by Crippen LogP contribution is 2.54. The number of aliphatic hydroxyl groups excluding tert-OH is 1. The van der Waals surface area contributed by atoms with Crippen LogP contribution in [0.4, 0.5) is 0 Å². The maximum atomic E-state index is 14.5. The van der Waals surface area contributed by atoms with E-state index in [1.54, 1.807) is 32.0 Å². The smallest absolute Gasteiger partial charge is 0.198 e. The van der Waals surface area contributed by atoms with Crippen molar-refractivity contribution in [3.63, 3.8) is 0 Å². The molecule has 226 valence electrons. The molecule has 3 aliphatic rings. The summed E-state index contributed by atoms with van der Waals surface area (Å²) in [6, 6.07) is 4.43. The summed E-state index contributed by atoms with van der Waals surface area (Å²) in [4.78, 5) is 41.8. The second-order valence-electron chi connectivity index (χ2n) is 13.1. The Labute approximate surface area is 246 Å². The molecule has 0 aromatic heterocycles. The lowest BCUT2D eigenvalue weighted by Gasteiger charge is -2.45. The minimum absolute atomic E-state index is 0.0265. The molecule has 5 rings (SSSR count). The zero-order valence-electron chi connectivity index (χ0n) is 25.6. The second kappa shape index (κ2) is 10.6. The molecular weight excluding hydrogens is 538 g/mol. The van der Waals surface area contributed by atoms with Gasteiger partial charge in [0, 0.05) is 34.6 Å². The minimum atomic E-state index is -0.834. The molecule has 1 heterocycles. The minimum Gasteiger partial charge on any atom is -0.496 e. The van der Waals surface area contributed by atoms with Crippen LogP contribution in [-0.2, 0) is 26.1 Å². The van der Waals surface area contributed by atoms with E-state index in [1.165, 1.54) is 14.2 Å². The van der Waals surface area contributed by atoms with Crippen molar-refractivity contribution < 1.29 is 38.4 Å². The Hall–Kier alpha value is -3.11. The topological polar surface area (TPSA) is 134 Å². The Balaban J connectivity index is 1.81. The van der Waals surface area contributed by atoms with Gasteiger partial charge in [-0.15, -0.1) is 0 Å². The molecule has 2 aromatic rings. The van der Waals surface area contributed by atoms with E-state index in [4.69, 9.17) is 24.7 Å². The number of fused-ring (bicyclic) bond motifs is 3. The summed E-state index contributed by atoms with van der Waals surface area (Å²) >= 11 is 0. The molecule has 1 fully saturated rings. The predicted octanol–water partition coefficient (Wildman–Crippen LogP) is 4.20. The van der Waals surface area contributed by atoms with E-state index in [2.05, 4.69) is 0 Å². The van der Waals surface area contributed by atoms with Crippen molar-refractivity contribution in [2.45, 2.75) is 96.9 Å². The molecule has 0 bridgehead atoms. The first-order valence-corrected chi connectivity index (χ1v) is 14.4. The molecule has 2 aromatic carbocycles. The maximum Gasteiger partial charge on any atom is 0.198 e. The van der Waals surface area contributed by atoms with Crippen LogP contribution in [0.15, 0.2) is 18.2 Å². The van der Waals surface area contributed by atoms with Gasteiger partial charge >= 0.3 is 0 Å². The third-order valence-electron chi connectivity index (χ3n) is 9.16. The van der Waals surface area contributed by atoms with Gasteiger partial charge < -0.3 is 29.8 Å². The quantitative estimate of drug-likeness (QED) is 0.456. The van der Waals surface area contributed by atoms with Crippen molar-refractivity contribution >= 4 is 17.3 Å². The zero-order valence-corrected chi connectivity index (χ0v) is 25.6. The van der Waals surface area contributed by atoms with Gasteiger partial charge in [-0.3, -0.25) is 14.4 Å². The van der Waals surface area contributed by atoms with Crippen LogP contribution in [0.3, 0.4) is 0 Å². The Morgan fingerprint density at radius 2 is 1.79 bits per heavy atom. The summed E-state index contributed by atoms with van der Waals surface area (Å²) in [6.45, 7) is 11.2. The summed E-state index contributed by atoms with van der Waals surface area (Å²) in [5.74, 6) is -0.0795. The normalized spacial score (nSPS) is 29.0. The Bertz CT molecular complexity index is 1460. The maximum absolute atomic E-state index is 14.5. The van der Waals surface area contributed by atoms with Crippen molar-refractivity contribution in [3.05, 3.63) is 57.1 Å². The molecule has 42 heavy (non-hydrogen) atoms. The molecule has 1 saturated heterocycles. The van der Waals surface area contributed by atoms with E-state index in [9.17, 15) is 19.5 Å². The Morgan fingerprint density at radius 3 is 2.36 bits per heavy atom. The zero-order chi connectivity index (χ0) is 30.9. The number of benzene rings is 2. The average Bonchev–Trinajstić information content (AvgIpc) is 2.92. The van der Waals surface area contributed by atoms with E-state index in [-0.39, 0.29) is 51.8 Å². The standard InChI is InChI=1S/C33H41NO8/c1-15-28(36)19(34)12-22(41-15)42-21-14-33(6,16(2)35)13-18-23(21)27(32(3,4)5)25-26(31(18)40-8)29(37)17-10-9-11-20(39-7)24(17)30(25)38/h9-11,15,19,21-22,28,36H,12-14,34H2,1-8H3/t15?,19?,21-,22?,28?,33+/m0/s1. The summed E-state index contributed by atoms with van der Waals surface area (Å²) in [5, 5.41) is 10.4. The van der Waals surface area contributed by atoms with Crippen LogP contribution in [0.1, 0.15) is 109 Å². The highest BCUT2D eigenvalue weighted by atomic mass is 16.7. The molecule has 1 aliphatic heterocycles. The van der Waals surface area contributed by atoms with Gasteiger partial charge in [0.15, 0.2) is 17.9 Å². The third-order valence-corrected chi connectivity index (χ3v) is 9.16. The van der Waals surface area contributed by atoms with Gasteiger partial charge in [-0.2, -0.15) is 0 Å². The van der Waals surface area contributed by atoms with Crippen molar-refractivity contribution in [2.24, 2.45) is 11.1 Å². The number of rotatable bonds is 5. The van der Waals surface area contributed by atoms with E-state index < -0.39 is 41.5 Å². The van der Waals surface area contributed by atoms with Gasteiger partial charge in [0.25, 0.3) is 0 Å². The number of carbonyl (C=O) groups is 3. The van der Waals surface area contributed by atoms with Crippen LogP contribution in [0.25, 0.3) is 0 Å². The lowest BCUT2D eigenvalue weighted by atomic mass is 9.63. The number of carbonyl (C=O) groups excluding carboxylic acids is 3. The largest absolute Gasteiger partial charge is 0.496 e. The third kappa shape index (κ3) is 4.67. The number of aliphatic hydroxyl groups is 1. The fraction of sp³-hybridized carbons (Fsp3) is 0.545. The molecule has 6 atom stereocenters. The Kier molecular flexibility index (Phi) is 7.63. The molecule has 2 aliphatic carbocycles. The highest BCUT2D eigenvalue weighted by Gasteiger charge is 2.49. The summed E-state index contributed by atoms with van der Waals surface area (Å²) in [7, 11) is 2.95. The monoisotopic (exact) mass is 579 g/mol. The van der Waals surface area contributed by atoms with Gasteiger partial charge in [-0.05, 0) is 49.3 Å². The van der Waals surface area contributed by atoms with Crippen LogP contribution < -0.4 is 15.2 Å². The van der Waals surface area contributed by atoms with Crippen LogP contribution >= 0.6 is 0 Å². The second-order valence-corrected chi connectivity index (χ2v) is 13.1. The fourth-order valence-electron chi connectivity index (χ4n) is 6.87. The van der Waals surface area contributed by atoms with E-state index in [0.29, 0.717) is 29.7 Å². The molecule has 9 heteroatoms. The van der Waals surface area contributed by atoms with Gasteiger partial charge in [0.05, 0.1) is 43.7 Å². The Morgan fingerprint density at radius 1 is 1.10 bits per heavy atom. The molecule has 4 unspecified atom stereocenters. The summed E-state index contributed by atoms with van der Waals surface area (Å²) in [5.41, 5.74) is 7.79. The van der Waals surface area contributed by atoms with Crippen LogP contribution in [-0.4, -0.2) is 61.2 Å². The number of hydrogen-bond donors (Lipinski definition) is 2. The van der Waals surface area contributed by atoms with Crippen LogP contribution in [0.5, 0.6) is 11.5 Å². The first-order chi connectivity index (χ1) is 19.6. The lowest BCUT2D eigenvalue weighted by molar-refractivity contribution is -0.245. The first kappa shape index (κ1) is 30.4. The number of Topliss-reactive ketones (excluding diaryl/α,β-unsaturated/α-hetero) is 1. The molecule has 0 saturated carbocycles. The van der Waals surface area contributed by atoms with Crippen molar-refractivity contribution in [1.29, 1.82) is 0 Å². The van der Waals surface area contributed by atoms with Crippen molar-refractivity contribution in [1.82, 2.24) is 0 Å².